The number of methoxy groups -OCH3 is 1. The van der Waals surface area contributed by atoms with Gasteiger partial charge in [0, 0.05) is 11.1 Å². The quantitative estimate of drug-likeness (QED) is 0.540. The Kier molecular flexibility index (Phi) is 3.48. The van der Waals surface area contributed by atoms with Crippen LogP contribution in [0.25, 0.3) is 0 Å². The second kappa shape index (κ2) is 5.23. The van der Waals surface area contributed by atoms with Crippen LogP contribution in [0, 0.1) is 11.8 Å². The van der Waals surface area contributed by atoms with E-state index in [0.29, 0.717) is 5.56 Å². The summed E-state index contributed by atoms with van der Waals surface area (Å²) >= 11 is 0. The van der Waals surface area contributed by atoms with Crippen molar-refractivity contribution in [2.45, 2.75) is 0 Å². The lowest BCUT2D eigenvalue weighted by Gasteiger charge is -2.05. The van der Waals surface area contributed by atoms with E-state index in [-0.39, 0.29) is 23.0 Å². The lowest BCUT2D eigenvalue weighted by molar-refractivity contribution is 0.351. The van der Waals surface area contributed by atoms with Crippen molar-refractivity contribution < 1.29 is 20.1 Å². The fraction of sp³-hybridized carbons (Fsp3) is 0.0667. The molecule has 0 aliphatic carbocycles. The van der Waals surface area contributed by atoms with Gasteiger partial charge in [-0.05, 0) is 36.4 Å². The van der Waals surface area contributed by atoms with Crippen molar-refractivity contribution in [3.05, 3.63) is 47.5 Å². The van der Waals surface area contributed by atoms with Gasteiger partial charge in [0.1, 0.15) is 5.75 Å². The molecule has 0 heterocycles. The maximum atomic E-state index is 9.51. The van der Waals surface area contributed by atoms with Gasteiger partial charge in [0.2, 0.25) is 5.75 Å². The number of benzene rings is 2. The Balaban J connectivity index is 2.34. The number of hydrogen-bond acceptors (Lipinski definition) is 4. The van der Waals surface area contributed by atoms with E-state index in [1.807, 2.05) is 0 Å². The number of aromatic hydroxyl groups is 3. The Labute approximate surface area is 110 Å². The Hall–Kier alpha value is -2.80. The van der Waals surface area contributed by atoms with Crippen molar-refractivity contribution in [3.63, 3.8) is 0 Å². The van der Waals surface area contributed by atoms with Crippen LogP contribution in [0.4, 0.5) is 0 Å². The Bertz CT molecular complexity index is 648. The predicted octanol–water partition coefficient (Wildman–Crippen LogP) is 2.21. The van der Waals surface area contributed by atoms with Crippen LogP contribution in [-0.2, 0) is 0 Å². The summed E-state index contributed by atoms with van der Waals surface area (Å²) in [5, 5.41) is 28.2. The van der Waals surface area contributed by atoms with Gasteiger partial charge in [-0.1, -0.05) is 11.8 Å². The molecule has 96 valence electrons. The van der Waals surface area contributed by atoms with Crippen molar-refractivity contribution in [1.29, 1.82) is 0 Å². The highest BCUT2D eigenvalue weighted by atomic mass is 16.5. The number of phenols is 3. The van der Waals surface area contributed by atoms with Gasteiger partial charge in [-0.2, -0.15) is 0 Å². The van der Waals surface area contributed by atoms with E-state index in [0.717, 1.165) is 5.56 Å². The molecule has 0 radical (unpaired) electrons. The van der Waals surface area contributed by atoms with E-state index >= 15 is 0 Å². The minimum atomic E-state index is -0.308. The van der Waals surface area contributed by atoms with E-state index in [4.69, 9.17) is 9.84 Å². The summed E-state index contributed by atoms with van der Waals surface area (Å²) in [7, 11) is 1.39. The molecule has 0 fully saturated rings. The molecule has 2 aromatic rings. The molecule has 0 spiro atoms. The summed E-state index contributed by atoms with van der Waals surface area (Å²) in [5.74, 6) is 5.46. The molecular formula is C15H12O4. The van der Waals surface area contributed by atoms with Crippen LogP contribution in [0.15, 0.2) is 36.4 Å². The van der Waals surface area contributed by atoms with Crippen LogP contribution in [0.3, 0.4) is 0 Å². The van der Waals surface area contributed by atoms with Crippen LogP contribution in [0.5, 0.6) is 23.0 Å². The molecule has 19 heavy (non-hydrogen) atoms. The first-order valence-corrected chi connectivity index (χ1v) is 5.51. The first-order chi connectivity index (χ1) is 9.10. The average molecular weight is 256 g/mol. The molecule has 0 aromatic heterocycles. The van der Waals surface area contributed by atoms with Gasteiger partial charge in [0.25, 0.3) is 0 Å². The molecule has 0 aliphatic heterocycles. The van der Waals surface area contributed by atoms with Crippen LogP contribution in [0.2, 0.25) is 0 Å². The second-order valence-corrected chi connectivity index (χ2v) is 3.84. The van der Waals surface area contributed by atoms with Gasteiger partial charge in [-0.25, -0.2) is 0 Å². The number of rotatable bonds is 1. The molecular weight excluding hydrogens is 244 g/mol. The zero-order valence-corrected chi connectivity index (χ0v) is 10.2. The SMILES string of the molecule is COc1cc(C#Cc2ccc(O)cc2)cc(O)c1O. The Morgan fingerprint density at radius 2 is 1.53 bits per heavy atom. The molecule has 0 unspecified atom stereocenters. The van der Waals surface area contributed by atoms with Crippen molar-refractivity contribution >= 4 is 0 Å². The smallest absolute Gasteiger partial charge is 0.200 e. The molecule has 0 atom stereocenters. The number of ether oxygens (including phenoxy) is 1. The van der Waals surface area contributed by atoms with Gasteiger partial charge >= 0.3 is 0 Å². The van der Waals surface area contributed by atoms with Gasteiger partial charge < -0.3 is 20.1 Å². The zero-order chi connectivity index (χ0) is 13.8. The fourth-order valence-electron chi connectivity index (χ4n) is 1.51. The van der Waals surface area contributed by atoms with Gasteiger partial charge in [0.05, 0.1) is 7.11 Å². The van der Waals surface area contributed by atoms with Crippen molar-refractivity contribution in [2.75, 3.05) is 7.11 Å². The van der Waals surface area contributed by atoms with Gasteiger partial charge in [-0.15, -0.1) is 0 Å². The summed E-state index contributed by atoms with van der Waals surface area (Å²) in [4.78, 5) is 0. The van der Waals surface area contributed by atoms with Crippen molar-refractivity contribution in [3.8, 4) is 34.8 Å². The first kappa shape index (κ1) is 12.7. The van der Waals surface area contributed by atoms with Crippen molar-refractivity contribution in [1.82, 2.24) is 0 Å². The van der Waals surface area contributed by atoms with E-state index in [1.165, 1.54) is 19.2 Å². The molecule has 0 amide bonds. The van der Waals surface area contributed by atoms with Crippen molar-refractivity contribution in [2.24, 2.45) is 0 Å². The minimum Gasteiger partial charge on any atom is -0.508 e. The number of phenolic OH excluding ortho intramolecular Hbond substituents is 3. The largest absolute Gasteiger partial charge is 0.508 e. The summed E-state index contributed by atoms with van der Waals surface area (Å²) in [6.45, 7) is 0. The monoisotopic (exact) mass is 256 g/mol. The minimum absolute atomic E-state index is 0.162. The molecule has 0 aliphatic rings. The molecule has 3 N–H and O–H groups in total. The summed E-state index contributed by atoms with van der Waals surface area (Å²) < 4.78 is 4.92. The van der Waals surface area contributed by atoms with Gasteiger partial charge in [-0.3, -0.25) is 0 Å². The summed E-state index contributed by atoms with van der Waals surface area (Å²) in [5.41, 5.74) is 1.24. The van der Waals surface area contributed by atoms with Gasteiger partial charge in [0.15, 0.2) is 11.5 Å². The van der Waals surface area contributed by atoms with Crippen LogP contribution >= 0.6 is 0 Å². The normalized spacial score (nSPS) is 9.53. The standard InChI is InChI=1S/C15H12O4/c1-19-14-9-11(8-13(17)15(14)18)3-2-10-4-6-12(16)7-5-10/h4-9,16-18H,1H3. The Morgan fingerprint density at radius 3 is 2.16 bits per heavy atom. The third-order valence-corrected chi connectivity index (χ3v) is 2.49. The lowest BCUT2D eigenvalue weighted by Crippen LogP contribution is -1.86. The summed E-state index contributed by atoms with van der Waals surface area (Å²) in [6, 6.07) is 9.32. The highest BCUT2D eigenvalue weighted by Crippen LogP contribution is 2.35. The average Bonchev–Trinajstić information content (AvgIpc) is 2.41. The molecule has 0 saturated heterocycles. The molecule has 0 saturated carbocycles. The predicted molar refractivity (Wildman–Crippen MR) is 70.4 cm³/mol. The second-order valence-electron chi connectivity index (χ2n) is 3.84. The zero-order valence-electron chi connectivity index (χ0n) is 10.2. The summed E-state index contributed by atoms with van der Waals surface area (Å²) in [6.07, 6.45) is 0. The third kappa shape index (κ3) is 2.90. The van der Waals surface area contributed by atoms with E-state index in [2.05, 4.69) is 11.8 Å². The fourth-order valence-corrected chi connectivity index (χ4v) is 1.51. The maximum Gasteiger partial charge on any atom is 0.200 e. The van der Waals surface area contributed by atoms with Crippen LogP contribution in [0.1, 0.15) is 11.1 Å². The molecule has 4 nitrogen and oxygen atoms in total. The van der Waals surface area contributed by atoms with E-state index in [1.54, 1.807) is 24.3 Å². The molecule has 4 heteroatoms. The van der Waals surface area contributed by atoms with E-state index < -0.39 is 0 Å². The molecule has 2 aromatic carbocycles. The third-order valence-electron chi connectivity index (χ3n) is 2.49. The lowest BCUT2D eigenvalue weighted by atomic mass is 10.1. The van der Waals surface area contributed by atoms with Crippen LogP contribution < -0.4 is 4.74 Å². The topological polar surface area (TPSA) is 69.9 Å². The van der Waals surface area contributed by atoms with Crippen LogP contribution in [-0.4, -0.2) is 22.4 Å². The highest BCUT2D eigenvalue weighted by Gasteiger charge is 2.08. The van der Waals surface area contributed by atoms with E-state index in [9.17, 15) is 10.2 Å². The maximum absolute atomic E-state index is 9.51. The highest BCUT2D eigenvalue weighted by molar-refractivity contribution is 5.56. The molecule has 0 bridgehead atoms. The first-order valence-electron chi connectivity index (χ1n) is 5.51. The Morgan fingerprint density at radius 1 is 0.895 bits per heavy atom. The molecule has 2 rings (SSSR count). The number of hydrogen-bond donors (Lipinski definition) is 3.